The minimum Gasteiger partial charge on any atom is -0.493 e. The van der Waals surface area contributed by atoms with E-state index in [1.54, 1.807) is 37.4 Å². The van der Waals surface area contributed by atoms with Crippen molar-refractivity contribution < 1.29 is 22.7 Å². The number of amides is 1. The first-order chi connectivity index (χ1) is 15.8. The second-order valence-corrected chi connectivity index (χ2v) is 9.13. The van der Waals surface area contributed by atoms with Crippen LogP contribution in [-0.4, -0.2) is 28.0 Å². The fraction of sp³-hybridized carbons (Fsp3) is 0.240. The number of sulfonamides is 1. The van der Waals surface area contributed by atoms with Gasteiger partial charge in [-0.2, -0.15) is 0 Å². The van der Waals surface area contributed by atoms with Crippen molar-refractivity contribution in [3.63, 3.8) is 0 Å². The Morgan fingerprint density at radius 1 is 0.970 bits per heavy atom. The SMILES string of the molecule is CCCOc1ccc(C(C)NC(=O)c2ccc(S(=O)(=O)Nc3ccccc3)cc2)cc1OC. The van der Waals surface area contributed by atoms with Gasteiger partial charge in [0.2, 0.25) is 0 Å². The standard InChI is InChI=1S/C25H28N2O5S/c1-4-16-32-23-15-12-20(17-24(23)31-3)18(2)26-25(28)19-10-13-22(14-11-19)33(29,30)27-21-8-6-5-7-9-21/h5-15,17-18,27H,4,16H2,1-3H3,(H,26,28). The second-order valence-electron chi connectivity index (χ2n) is 7.45. The molecule has 0 fully saturated rings. The summed E-state index contributed by atoms with van der Waals surface area (Å²) >= 11 is 0. The molecule has 7 nitrogen and oxygen atoms in total. The maximum atomic E-state index is 12.7. The molecule has 0 aliphatic heterocycles. The average molecular weight is 469 g/mol. The molecule has 0 spiro atoms. The molecular formula is C25H28N2O5S. The Kier molecular flexibility index (Phi) is 7.95. The van der Waals surface area contributed by atoms with Crippen molar-refractivity contribution in [2.24, 2.45) is 0 Å². The van der Waals surface area contributed by atoms with E-state index in [0.29, 0.717) is 29.4 Å². The summed E-state index contributed by atoms with van der Waals surface area (Å²) in [6, 6.07) is 19.7. The zero-order valence-electron chi connectivity index (χ0n) is 18.9. The molecule has 174 valence electrons. The predicted molar refractivity (Wildman–Crippen MR) is 128 cm³/mol. The van der Waals surface area contributed by atoms with Crippen LogP contribution in [-0.2, 0) is 10.0 Å². The molecule has 3 aromatic rings. The number of hydrogen-bond donors (Lipinski definition) is 2. The zero-order chi connectivity index (χ0) is 23.8. The van der Waals surface area contributed by atoms with E-state index in [9.17, 15) is 13.2 Å². The molecule has 0 bridgehead atoms. The van der Waals surface area contributed by atoms with Crippen LogP contribution in [0.5, 0.6) is 11.5 Å². The van der Waals surface area contributed by atoms with Crippen LogP contribution in [0.1, 0.15) is 42.2 Å². The van der Waals surface area contributed by atoms with Gasteiger partial charge >= 0.3 is 0 Å². The van der Waals surface area contributed by atoms with Gasteiger partial charge in [0.1, 0.15) is 0 Å². The van der Waals surface area contributed by atoms with Crippen molar-refractivity contribution in [1.82, 2.24) is 5.32 Å². The highest BCUT2D eigenvalue weighted by Crippen LogP contribution is 2.30. The van der Waals surface area contributed by atoms with Crippen LogP contribution < -0.4 is 19.5 Å². The molecule has 0 radical (unpaired) electrons. The fourth-order valence-electron chi connectivity index (χ4n) is 3.15. The molecule has 8 heteroatoms. The van der Waals surface area contributed by atoms with Gasteiger partial charge in [-0.1, -0.05) is 31.2 Å². The summed E-state index contributed by atoms with van der Waals surface area (Å²) in [6.07, 6.45) is 0.889. The van der Waals surface area contributed by atoms with E-state index < -0.39 is 10.0 Å². The molecule has 0 aromatic heterocycles. The van der Waals surface area contributed by atoms with Crippen LogP contribution in [0.25, 0.3) is 0 Å². The van der Waals surface area contributed by atoms with Crippen LogP contribution in [0, 0.1) is 0 Å². The van der Waals surface area contributed by atoms with Gasteiger partial charge in [0.25, 0.3) is 15.9 Å². The van der Waals surface area contributed by atoms with Crippen LogP contribution in [0.15, 0.2) is 77.7 Å². The first-order valence-corrected chi connectivity index (χ1v) is 12.1. The number of methoxy groups -OCH3 is 1. The molecule has 0 saturated heterocycles. The quantitative estimate of drug-likeness (QED) is 0.447. The van der Waals surface area contributed by atoms with Crippen LogP contribution in [0.3, 0.4) is 0 Å². The van der Waals surface area contributed by atoms with E-state index in [-0.39, 0.29) is 16.8 Å². The lowest BCUT2D eigenvalue weighted by atomic mass is 10.1. The third kappa shape index (κ3) is 6.26. The molecule has 33 heavy (non-hydrogen) atoms. The number of hydrogen-bond acceptors (Lipinski definition) is 5. The van der Waals surface area contributed by atoms with Gasteiger partial charge in [0, 0.05) is 11.3 Å². The number of benzene rings is 3. The molecule has 0 saturated carbocycles. The molecule has 2 N–H and O–H groups in total. The van der Waals surface area contributed by atoms with Crippen molar-refractivity contribution in [3.8, 4) is 11.5 Å². The maximum absolute atomic E-state index is 12.7. The van der Waals surface area contributed by atoms with Gasteiger partial charge < -0.3 is 14.8 Å². The first kappa shape index (κ1) is 24.1. The summed E-state index contributed by atoms with van der Waals surface area (Å²) in [5.74, 6) is 0.942. The number of anilines is 1. The van der Waals surface area contributed by atoms with Crippen molar-refractivity contribution in [1.29, 1.82) is 0 Å². The lowest BCUT2D eigenvalue weighted by Gasteiger charge is -2.17. The summed E-state index contributed by atoms with van der Waals surface area (Å²) in [4.78, 5) is 12.8. The molecule has 0 aliphatic rings. The fourth-order valence-corrected chi connectivity index (χ4v) is 4.21. The van der Waals surface area contributed by atoms with E-state index in [1.165, 1.54) is 24.3 Å². The van der Waals surface area contributed by atoms with Crippen LogP contribution in [0.2, 0.25) is 0 Å². The minimum absolute atomic E-state index is 0.0726. The van der Waals surface area contributed by atoms with Gasteiger partial charge in [-0.05, 0) is 67.4 Å². The third-order valence-electron chi connectivity index (χ3n) is 4.95. The van der Waals surface area contributed by atoms with Crippen LogP contribution in [0.4, 0.5) is 5.69 Å². The van der Waals surface area contributed by atoms with E-state index in [2.05, 4.69) is 10.0 Å². The summed E-state index contributed by atoms with van der Waals surface area (Å²) in [7, 11) is -2.18. The summed E-state index contributed by atoms with van der Waals surface area (Å²) in [5.41, 5.74) is 1.68. The van der Waals surface area contributed by atoms with E-state index in [4.69, 9.17) is 9.47 Å². The van der Waals surface area contributed by atoms with E-state index >= 15 is 0 Å². The van der Waals surface area contributed by atoms with Gasteiger partial charge in [-0.15, -0.1) is 0 Å². The van der Waals surface area contributed by atoms with Crippen molar-refractivity contribution in [3.05, 3.63) is 83.9 Å². The summed E-state index contributed by atoms with van der Waals surface area (Å²) in [5, 5.41) is 2.92. The Bertz CT molecular complexity index is 1180. The second kappa shape index (κ2) is 10.9. The zero-order valence-corrected chi connectivity index (χ0v) is 19.7. The molecule has 0 heterocycles. The molecule has 3 rings (SSSR count). The Hall–Kier alpha value is -3.52. The van der Waals surface area contributed by atoms with Gasteiger partial charge in [0.15, 0.2) is 11.5 Å². The highest BCUT2D eigenvalue weighted by atomic mass is 32.2. The normalized spacial score (nSPS) is 12.0. The summed E-state index contributed by atoms with van der Waals surface area (Å²) < 4.78 is 38.7. The number of nitrogens with one attached hydrogen (secondary N) is 2. The van der Waals surface area contributed by atoms with Gasteiger partial charge in [-0.25, -0.2) is 8.42 Å². The first-order valence-electron chi connectivity index (χ1n) is 10.6. The van der Waals surface area contributed by atoms with Gasteiger partial charge in [-0.3, -0.25) is 9.52 Å². The highest BCUT2D eigenvalue weighted by Gasteiger charge is 2.17. The average Bonchev–Trinajstić information content (AvgIpc) is 2.83. The Balaban J connectivity index is 1.68. The molecule has 1 unspecified atom stereocenters. The number of carbonyl (C=O) groups is 1. The maximum Gasteiger partial charge on any atom is 0.261 e. The van der Waals surface area contributed by atoms with Crippen molar-refractivity contribution in [2.45, 2.75) is 31.2 Å². The van der Waals surface area contributed by atoms with Crippen molar-refractivity contribution >= 4 is 21.6 Å². The molecule has 1 atom stereocenters. The Labute approximate surface area is 194 Å². The van der Waals surface area contributed by atoms with E-state index in [0.717, 1.165) is 12.0 Å². The Morgan fingerprint density at radius 3 is 2.30 bits per heavy atom. The number of carbonyl (C=O) groups excluding carboxylic acids is 1. The molecular weight excluding hydrogens is 440 g/mol. The van der Waals surface area contributed by atoms with Crippen molar-refractivity contribution in [2.75, 3.05) is 18.4 Å². The highest BCUT2D eigenvalue weighted by molar-refractivity contribution is 7.92. The lowest BCUT2D eigenvalue weighted by molar-refractivity contribution is 0.0939. The molecule has 0 aliphatic carbocycles. The lowest BCUT2D eigenvalue weighted by Crippen LogP contribution is -2.26. The predicted octanol–water partition coefficient (Wildman–Crippen LogP) is 4.78. The Morgan fingerprint density at radius 2 is 1.67 bits per heavy atom. The largest absolute Gasteiger partial charge is 0.493 e. The number of ether oxygens (including phenoxy) is 2. The minimum atomic E-state index is -3.75. The molecule has 3 aromatic carbocycles. The van der Waals surface area contributed by atoms with Gasteiger partial charge in [0.05, 0.1) is 24.7 Å². The van der Waals surface area contributed by atoms with E-state index in [1.807, 2.05) is 32.0 Å². The monoisotopic (exact) mass is 468 g/mol. The molecule has 1 amide bonds. The third-order valence-corrected chi connectivity index (χ3v) is 6.35. The summed E-state index contributed by atoms with van der Waals surface area (Å²) in [6.45, 7) is 4.48. The van der Waals surface area contributed by atoms with Crippen LogP contribution >= 0.6 is 0 Å². The smallest absolute Gasteiger partial charge is 0.261 e. The number of para-hydroxylation sites is 1. The number of rotatable bonds is 10. The topological polar surface area (TPSA) is 93.7 Å².